The van der Waals surface area contributed by atoms with E-state index in [1.54, 1.807) is 12.3 Å². The third-order valence-electron chi connectivity index (χ3n) is 5.12. The number of halogens is 1. The highest BCUT2D eigenvalue weighted by molar-refractivity contribution is 6.00. The summed E-state index contributed by atoms with van der Waals surface area (Å²) in [5.74, 6) is 0.201. The van der Waals surface area contributed by atoms with E-state index in [1.165, 1.54) is 17.8 Å². The highest BCUT2D eigenvalue weighted by Gasteiger charge is 2.11. The molecule has 0 unspecified atom stereocenters. The molecule has 0 aliphatic carbocycles. The van der Waals surface area contributed by atoms with E-state index < -0.39 is 0 Å². The van der Waals surface area contributed by atoms with Gasteiger partial charge in [0.05, 0.1) is 5.69 Å². The standard InChI is InChI=1S/C25H26FN5/c1-2-28-25(29-21-10-12-22(13-11-21)31-16-14-27-15-17-31)30-24-9-4-3-8-23(24)19-6-5-7-20(26)18-19/h2-13,18,27H,14-17H2,1H3,(H,29,30)/b28-2-. The molecule has 1 saturated heterocycles. The summed E-state index contributed by atoms with van der Waals surface area (Å²) in [5, 5.41) is 6.67. The zero-order chi connectivity index (χ0) is 21.5. The number of nitrogens with one attached hydrogen (secondary N) is 2. The van der Waals surface area contributed by atoms with Gasteiger partial charge in [-0.2, -0.15) is 0 Å². The van der Waals surface area contributed by atoms with Crippen LogP contribution in [0.5, 0.6) is 0 Å². The molecular weight excluding hydrogens is 389 g/mol. The Morgan fingerprint density at radius 2 is 1.77 bits per heavy atom. The van der Waals surface area contributed by atoms with Crippen molar-refractivity contribution >= 4 is 29.2 Å². The number of rotatable bonds is 4. The van der Waals surface area contributed by atoms with Crippen molar-refractivity contribution in [2.24, 2.45) is 9.98 Å². The Kier molecular flexibility index (Phi) is 6.69. The molecule has 1 aliphatic heterocycles. The average molecular weight is 416 g/mol. The minimum absolute atomic E-state index is 0.272. The van der Waals surface area contributed by atoms with Crippen molar-refractivity contribution < 1.29 is 4.39 Å². The molecule has 1 aliphatic rings. The van der Waals surface area contributed by atoms with Crippen LogP contribution in [-0.2, 0) is 0 Å². The minimum Gasteiger partial charge on any atom is -0.369 e. The van der Waals surface area contributed by atoms with E-state index in [1.807, 2.05) is 49.4 Å². The van der Waals surface area contributed by atoms with Gasteiger partial charge < -0.3 is 15.5 Å². The molecule has 0 bridgehead atoms. The molecule has 0 spiro atoms. The van der Waals surface area contributed by atoms with Crippen LogP contribution in [0.4, 0.5) is 21.5 Å². The van der Waals surface area contributed by atoms with Crippen LogP contribution >= 0.6 is 0 Å². The smallest absolute Gasteiger partial charge is 0.227 e. The molecule has 0 saturated carbocycles. The van der Waals surface area contributed by atoms with Crippen molar-refractivity contribution in [3.63, 3.8) is 0 Å². The van der Waals surface area contributed by atoms with Crippen molar-refractivity contribution in [2.75, 3.05) is 36.4 Å². The molecule has 6 heteroatoms. The predicted octanol–water partition coefficient (Wildman–Crippen LogP) is 5.09. The van der Waals surface area contributed by atoms with Crippen molar-refractivity contribution in [1.29, 1.82) is 0 Å². The van der Waals surface area contributed by atoms with Crippen LogP contribution in [0, 0.1) is 5.82 Å². The van der Waals surface area contributed by atoms with E-state index in [4.69, 9.17) is 4.99 Å². The Balaban J connectivity index is 1.58. The first kappa shape index (κ1) is 20.8. The number of aliphatic imine (C=N–C) groups is 2. The van der Waals surface area contributed by atoms with Crippen LogP contribution in [0.1, 0.15) is 6.92 Å². The van der Waals surface area contributed by atoms with Gasteiger partial charge in [-0.1, -0.05) is 30.3 Å². The monoisotopic (exact) mass is 415 g/mol. The number of para-hydroxylation sites is 1. The molecule has 31 heavy (non-hydrogen) atoms. The number of piperazine rings is 1. The normalized spacial score (nSPS) is 14.8. The number of nitrogens with zero attached hydrogens (tertiary/aromatic N) is 3. The third-order valence-corrected chi connectivity index (χ3v) is 5.12. The van der Waals surface area contributed by atoms with E-state index in [0.717, 1.165) is 48.7 Å². The third kappa shape index (κ3) is 5.35. The van der Waals surface area contributed by atoms with Gasteiger partial charge in [-0.3, -0.25) is 0 Å². The SMILES string of the molecule is C/C=N\C(=N/c1ccccc1-c1cccc(F)c1)Nc1ccc(N2CCNCC2)cc1. The van der Waals surface area contributed by atoms with Crippen LogP contribution in [0.3, 0.4) is 0 Å². The Morgan fingerprint density at radius 1 is 1.00 bits per heavy atom. The number of hydrogen-bond acceptors (Lipinski definition) is 3. The molecule has 4 rings (SSSR count). The quantitative estimate of drug-likeness (QED) is 0.461. The summed E-state index contributed by atoms with van der Waals surface area (Å²) in [4.78, 5) is 11.5. The summed E-state index contributed by atoms with van der Waals surface area (Å²) >= 11 is 0. The lowest BCUT2D eigenvalue weighted by Gasteiger charge is -2.29. The van der Waals surface area contributed by atoms with E-state index in [0.29, 0.717) is 5.96 Å². The van der Waals surface area contributed by atoms with Gasteiger partial charge in [0, 0.05) is 49.3 Å². The lowest BCUT2D eigenvalue weighted by Crippen LogP contribution is -2.43. The summed E-state index contributed by atoms with van der Waals surface area (Å²) in [6.45, 7) is 5.88. The van der Waals surface area contributed by atoms with Crippen molar-refractivity contribution in [2.45, 2.75) is 6.92 Å². The van der Waals surface area contributed by atoms with E-state index in [-0.39, 0.29) is 5.82 Å². The molecule has 3 aromatic rings. The highest BCUT2D eigenvalue weighted by atomic mass is 19.1. The molecule has 0 amide bonds. The van der Waals surface area contributed by atoms with Gasteiger partial charge in [-0.05, 0) is 55.0 Å². The average Bonchev–Trinajstić information content (AvgIpc) is 2.81. The van der Waals surface area contributed by atoms with Gasteiger partial charge in [-0.25, -0.2) is 14.4 Å². The zero-order valence-corrected chi connectivity index (χ0v) is 17.6. The lowest BCUT2D eigenvalue weighted by atomic mass is 10.0. The first-order chi connectivity index (χ1) is 15.2. The highest BCUT2D eigenvalue weighted by Crippen LogP contribution is 2.31. The first-order valence-corrected chi connectivity index (χ1v) is 10.5. The van der Waals surface area contributed by atoms with E-state index in [9.17, 15) is 4.39 Å². The van der Waals surface area contributed by atoms with Gasteiger partial charge in [0.1, 0.15) is 5.82 Å². The molecule has 0 aromatic heterocycles. The number of benzene rings is 3. The second-order valence-electron chi connectivity index (χ2n) is 7.26. The molecule has 1 heterocycles. The summed E-state index contributed by atoms with van der Waals surface area (Å²) in [5.41, 5.74) is 4.47. The Labute approximate surface area is 182 Å². The molecule has 2 N–H and O–H groups in total. The maximum Gasteiger partial charge on any atom is 0.227 e. The largest absolute Gasteiger partial charge is 0.369 e. The maximum absolute atomic E-state index is 13.7. The van der Waals surface area contributed by atoms with Crippen LogP contribution in [0.15, 0.2) is 82.8 Å². The van der Waals surface area contributed by atoms with Crippen molar-refractivity contribution in [3.8, 4) is 11.1 Å². The molecule has 158 valence electrons. The summed E-state index contributed by atoms with van der Waals surface area (Å²) in [6, 6.07) is 22.5. The van der Waals surface area contributed by atoms with Gasteiger partial charge in [0.2, 0.25) is 5.96 Å². The Bertz CT molecular complexity index is 1070. The molecule has 3 aromatic carbocycles. The summed E-state index contributed by atoms with van der Waals surface area (Å²) < 4.78 is 13.7. The molecule has 0 radical (unpaired) electrons. The maximum atomic E-state index is 13.7. The lowest BCUT2D eigenvalue weighted by molar-refractivity contribution is 0.589. The fourth-order valence-electron chi connectivity index (χ4n) is 3.60. The number of hydrogen-bond donors (Lipinski definition) is 2. The minimum atomic E-state index is -0.272. The molecule has 1 fully saturated rings. The van der Waals surface area contributed by atoms with Gasteiger partial charge in [0.25, 0.3) is 0 Å². The van der Waals surface area contributed by atoms with Gasteiger partial charge in [-0.15, -0.1) is 0 Å². The fraction of sp³-hybridized carbons (Fsp3) is 0.200. The zero-order valence-electron chi connectivity index (χ0n) is 17.6. The van der Waals surface area contributed by atoms with Crippen LogP contribution < -0.4 is 15.5 Å². The summed E-state index contributed by atoms with van der Waals surface area (Å²) in [6.07, 6.45) is 1.70. The van der Waals surface area contributed by atoms with E-state index in [2.05, 4.69) is 32.7 Å². The van der Waals surface area contributed by atoms with Crippen LogP contribution in [-0.4, -0.2) is 38.4 Å². The second kappa shape index (κ2) is 10.00. The van der Waals surface area contributed by atoms with E-state index >= 15 is 0 Å². The second-order valence-corrected chi connectivity index (χ2v) is 7.26. The Morgan fingerprint density at radius 3 is 2.52 bits per heavy atom. The molecule has 5 nitrogen and oxygen atoms in total. The number of guanidine groups is 1. The Hall–Kier alpha value is -3.51. The first-order valence-electron chi connectivity index (χ1n) is 10.5. The van der Waals surface area contributed by atoms with Crippen LogP contribution in [0.2, 0.25) is 0 Å². The molecule has 0 atom stereocenters. The number of anilines is 2. The summed E-state index contributed by atoms with van der Waals surface area (Å²) in [7, 11) is 0. The van der Waals surface area contributed by atoms with Gasteiger partial charge >= 0.3 is 0 Å². The predicted molar refractivity (Wildman–Crippen MR) is 128 cm³/mol. The fourth-order valence-corrected chi connectivity index (χ4v) is 3.60. The topological polar surface area (TPSA) is 52.0 Å². The van der Waals surface area contributed by atoms with Crippen molar-refractivity contribution in [3.05, 3.63) is 78.6 Å². The van der Waals surface area contributed by atoms with Crippen LogP contribution in [0.25, 0.3) is 11.1 Å². The van der Waals surface area contributed by atoms with Gasteiger partial charge in [0.15, 0.2) is 0 Å². The van der Waals surface area contributed by atoms with Crippen molar-refractivity contribution in [1.82, 2.24) is 5.32 Å². The molecular formula is C25H26FN5.